The van der Waals surface area contributed by atoms with Gasteiger partial charge in [-0.15, -0.1) is 10.2 Å². The maximum atomic E-state index is 12.8. The quantitative estimate of drug-likeness (QED) is 0.533. The van der Waals surface area contributed by atoms with Crippen molar-refractivity contribution in [2.75, 3.05) is 11.1 Å². The van der Waals surface area contributed by atoms with Crippen LogP contribution in [0.25, 0.3) is 11.4 Å². The smallest absolute Gasteiger partial charge is 0.325 e. The number of hydrogen-bond acceptors (Lipinski definition) is 4. The molecule has 0 unspecified atom stereocenters. The summed E-state index contributed by atoms with van der Waals surface area (Å²) >= 11 is 4.61. The Morgan fingerprint density at radius 1 is 1.18 bits per heavy atom. The van der Waals surface area contributed by atoms with Crippen LogP contribution in [-0.2, 0) is 18.0 Å². The molecule has 3 rings (SSSR count). The fourth-order valence-corrected chi connectivity index (χ4v) is 3.59. The van der Waals surface area contributed by atoms with Crippen molar-refractivity contribution >= 4 is 39.3 Å². The third-order valence-corrected chi connectivity index (χ3v) is 5.47. The predicted octanol–water partition coefficient (Wildman–Crippen LogP) is 4.99. The van der Waals surface area contributed by atoms with Gasteiger partial charge >= 0.3 is 6.18 Å². The molecular formula is C18H14BrF3N4OS. The second kappa shape index (κ2) is 8.36. The van der Waals surface area contributed by atoms with Gasteiger partial charge in [0, 0.05) is 22.8 Å². The summed E-state index contributed by atoms with van der Waals surface area (Å²) in [6.07, 6.45) is -4.46. The second-order valence-electron chi connectivity index (χ2n) is 5.76. The van der Waals surface area contributed by atoms with E-state index in [1.165, 1.54) is 12.1 Å². The van der Waals surface area contributed by atoms with Crippen molar-refractivity contribution in [3.05, 3.63) is 58.6 Å². The molecule has 0 fully saturated rings. The van der Waals surface area contributed by atoms with E-state index in [0.29, 0.717) is 11.0 Å². The lowest BCUT2D eigenvalue weighted by atomic mass is 10.2. The molecule has 2 aromatic carbocycles. The Morgan fingerprint density at radius 2 is 1.93 bits per heavy atom. The van der Waals surface area contributed by atoms with Crippen LogP contribution in [0, 0.1) is 0 Å². The van der Waals surface area contributed by atoms with E-state index in [4.69, 9.17) is 0 Å². The van der Waals surface area contributed by atoms with Gasteiger partial charge in [0.2, 0.25) is 5.91 Å². The normalized spacial score (nSPS) is 11.5. The third-order valence-electron chi connectivity index (χ3n) is 3.76. The highest BCUT2D eigenvalue weighted by Crippen LogP contribution is 2.31. The number of rotatable bonds is 5. The molecule has 0 radical (unpaired) electrons. The standard InChI is InChI=1S/C18H14BrF3N4OS/c1-26-16(13-7-2-3-8-14(13)19)24-25-17(26)28-10-15(27)23-12-6-4-5-11(9-12)18(20,21)22/h2-9H,10H2,1H3,(H,23,27). The summed E-state index contributed by atoms with van der Waals surface area (Å²) in [4.78, 5) is 12.1. The molecule has 0 bridgehead atoms. The number of anilines is 1. The first-order chi connectivity index (χ1) is 13.3. The Hall–Kier alpha value is -2.33. The molecule has 0 spiro atoms. The average Bonchev–Trinajstić information content (AvgIpc) is 3.00. The third kappa shape index (κ3) is 4.74. The lowest BCUT2D eigenvalue weighted by Crippen LogP contribution is -2.15. The number of carbonyl (C=O) groups is 1. The number of benzene rings is 2. The summed E-state index contributed by atoms with van der Waals surface area (Å²) in [5.74, 6) is 0.182. The van der Waals surface area contributed by atoms with Gasteiger partial charge in [-0.25, -0.2) is 0 Å². The molecular weight excluding hydrogens is 457 g/mol. The molecule has 146 valence electrons. The highest BCUT2D eigenvalue weighted by atomic mass is 79.9. The summed E-state index contributed by atoms with van der Waals surface area (Å²) in [7, 11) is 1.78. The molecule has 0 saturated heterocycles. The number of nitrogens with one attached hydrogen (secondary N) is 1. The van der Waals surface area contributed by atoms with E-state index in [-0.39, 0.29) is 11.4 Å². The van der Waals surface area contributed by atoms with Crippen molar-refractivity contribution in [1.29, 1.82) is 0 Å². The molecule has 0 atom stereocenters. The maximum Gasteiger partial charge on any atom is 0.416 e. The van der Waals surface area contributed by atoms with Crippen molar-refractivity contribution in [3.8, 4) is 11.4 Å². The minimum atomic E-state index is -4.46. The Bertz CT molecular complexity index is 1010. The van der Waals surface area contributed by atoms with E-state index >= 15 is 0 Å². The van der Waals surface area contributed by atoms with Gasteiger partial charge in [-0.3, -0.25) is 4.79 Å². The molecule has 28 heavy (non-hydrogen) atoms. The molecule has 10 heteroatoms. The first-order valence-corrected chi connectivity index (χ1v) is 9.78. The molecule has 0 aliphatic carbocycles. The van der Waals surface area contributed by atoms with E-state index in [0.717, 1.165) is 33.9 Å². The van der Waals surface area contributed by atoms with Crippen molar-refractivity contribution in [1.82, 2.24) is 14.8 Å². The molecule has 1 aromatic heterocycles. The van der Waals surface area contributed by atoms with Gasteiger partial charge in [0.05, 0.1) is 11.3 Å². The van der Waals surface area contributed by atoms with Gasteiger partial charge in [-0.2, -0.15) is 13.2 Å². The van der Waals surface area contributed by atoms with Gasteiger partial charge in [0.25, 0.3) is 0 Å². The Labute approximate surface area is 171 Å². The number of halogens is 4. The summed E-state index contributed by atoms with van der Waals surface area (Å²) in [5.41, 5.74) is 0.134. The van der Waals surface area contributed by atoms with Gasteiger partial charge in [-0.1, -0.05) is 52.0 Å². The Balaban J connectivity index is 1.65. The fraction of sp³-hybridized carbons (Fsp3) is 0.167. The topological polar surface area (TPSA) is 59.8 Å². The highest BCUT2D eigenvalue weighted by Gasteiger charge is 2.30. The van der Waals surface area contributed by atoms with Crippen LogP contribution in [0.15, 0.2) is 58.2 Å². The predicted molar refractivity (Wildman–Crippen MR) is 105 cm³/mol. The number of hydrogen-bond donors (Lipinski definition) is 1. The van der Waals surface area contributed by atoms with Crippen LogP contribution < -0.4 is 5.32 Å². The molecule has 3 aromatic rings. The molecule has 1 amide bonds. The molecule has 0 aliphatic rings. The lowest BCUT2D eigenvalue weighted by Gasteiger charge is -2.10. The number of carbonyl (C=O) groups excluding carboxylic acids is 1. The SMILES string of the molecule is Cn1c(SCC(=O)Nc2cccc(C(F)(F)F)c2)nnc1-c1ccccc1Br. The maximum absolute atomic E-state index is 12.8. The summed E-state index contributed by atoms with van der Waals surface area (Å²) < 4.78 is 40.9. The van der Waals surface area contributed by atoms with E-state index < -0.39 is 17.6 Å². The van der Waals surface area contributed by atoms with E-state index in [1.54, 1.807) is 11.6 Å². The van der Waals surface area contributed by atoms with Crippen molar-refractivity contribution in [2.45, 2.75) is 11.3 Å². The summed E-state index contributed by atoms with van der Waals surface area (Å²) in [6.45, 7) is 0. The number of aromatic nitrogens is 3. The Morgan fingerprint density at radius 3 is 2.64 bits per heavy atom. The van der Waals surface area contributed by atoms with Crippen molar-refractivity contribution in [2.24, 2.45) is 7.05 Å². The molecule has 0 saturated carbocycles. The zero-order valence-corrected chi connectivity index (χ0v) is 16.9. The van der Waals surface area contributed by atoms with Gasteiger partial charge in [-0.05, 0) is 24.3 Å². The van der Waals surface area contributed by atoms with Crippen LogP contribution in [0.2, 0.25) is 0 Å². The zero-order chi connectivity index (χ0) is 20.3. The second-order valence-corrected chi connectivity index (χ2v) is 7.56. The van der Waals surface area contributed by atoms with Crippen LogP contribution in [-0.4, -0.2) is 26.4 Å². The van der Waals surface area contributed by atoms with Crippen molar-refractivity contribution < 1.29 is 18.0 Å². The number of amides is 1. The number of nitrogens with zero attached hydrogens (tertiary/aromatic N) is 3. The molecule has 5 nitrogen and oxygen atoms in total. The molecule has 1 heterocycles. The van der Waals surface area contributed by atoms with Crippen molar-refractivity contribution in [3.63, 3.8) is 0 Å². The first kappa shape index (κ1) is 20.4. The summed E-state index contributed by atoms with van der Waals surface area (Å²) in [6, 6.07) is 12.1. The van der Waals surface area contributed by atoms with Gasteiger partial charge < -0.3 is 9.88 Å². The van der Waals surface area contributed by atoms with Crippen LogP contribution in [0.4, 0.5) is 18.9 Å². The summed E-state index contributed by atoms with van der Waals surface area (Å²) in [5, 5.41) is 11.2. The first-order valence-electron chi connectivity index (χ1n) is 8.00. The Kier molecular flexibility index (Phi) is 6.09. The van der Waals surface area contributed by atoms with Crippen LogP contribution in [0.5, 0.6) is 0 Å². The largest absolute Gasteiger partial charge is 0.416 e. The fourth-order valence-electron chi connectivity index (χ4n) is 2.42. The minimum Gasteiger partial charge on any atom is -0.325 e. The monoisotopic (exact) mass is 470 g/mol. The van der Waals surface area contributed by atoms with Gasteiger partial charge in [0.1, 0.15) is 0 Å². The van der Waals surface area contributed by atoms with Crippen LogP contribution in [0.3, 0.4) is 0 Å². The number of thioether (sulfide) groups is 1. The van der Waals surface area contributed by atoms with E-state index in [2.05, 4.69) is 31.4 Å². The van der Waals surface area contributed by atoms with Crippen LogP contribution >= 0.6 is 27.7 Å². The van der Waals surface area contributed by atoms with Crippen LogP contribution in [0.1, 0.15) is 5.56 Å². The minimum absolute atomic E-state index is 0.0157. The van der Waals surface area contributed by atoms with Gasteiger partial charge in [0.15, 0.2) is 11.0 Å². The lowest BCUT2D eigenvalue weighted by molar-refractivity contribution is -0.137. The van der Waals surface area contributed by atoms with E-state index in [9.17, 15) is 18.0 Å². The number of alkyl halides is 3. The zero-order valence-electron chi connectivity index (χ0n) is 14.5. The van der Waals surface area contributed by atoms with E-state index in [1.807, 2.05) is 24.3 Å². The highest BCUT2D eigenvalue weighted by molar-refractivity contribution is 9.10. The molecule has 1 N–H and O–H groups in total. The molecule has 0 aliphatic heterocycles. The average molecular weight is 471 g/mol.